The van der Waals surface area contributed by atoms with E-state index in [9.17, 15) is 0 Å². The lowest BCUT2D eigenvalue weighted by molar-refractivity contribution is 0.444. The fourth-order valence-electron chi connectivity index (χ4n) is 3.61. The van der Waals surface area contributed by atoms with Crippen molar-refractivity contribution in [2.24, 2.45) is 17.8 Å². The van der Waals surface area contributed by atoms with Gasteiger partial charge < -0.3 is 0 Å². The van der Waals surface area contributed by atoms with Crippen molar-refractivity contribution in [1.29, 1.82) is 0 Å². The number of hydrogen-bond acceptors (Lipinski definition) is 0. The molecule has 0 N–H and O–H groups in total. The quantitative estimate of drug-likeness (QED) is 0.662. The third-order valence-corrected chi connectivity index (χ3v) is 9.46. The van der Waals surface area contributed by atoms with E-state index >= 15 is 0 Å². The second-order valence-corrected chi connectivity index (χ2v) is 9.83. The Bertz CT molecular complexity index is 181. The van der Waals surface area contributed by atoms with E-state index in [4.69, 9.17) is 0 Å². The van der Waals surface area contributed by atoms with E-state index in [0.29, 0.717) is 0 Å². The minimum Gasteiger partial charge on any atom is -0.237 e. The summed E-state index contributed by atoms with van der Waals surface area (Å²) in [6.07, 6.45) is 0. The summed E-state index contributed by atoms with van der Waals surface area (Å²) in [6.45, 7) is 14.5. The molecule has 0 aliphatic carbocycles. The van der Waals surface area contributed by atoms with Gasteiger partial charge in [-0.25, -0.2) is 10.0 Å². The molecule has 0 aromatic heterocycles. The van der Waals surface area contributed by atoms with Crippen LogP contribution in [0.1, 0.15) is 41.5 Å². The van der Waals surface area contributed by atoms with Gasteiger partial charge in [0, 0.05) is 0 Å². The van der Waals surface area contributed by atoms with E-state index in [1.807, 2.05) is 0 Å². The van der Waals surface area contributed by atoms with Crippen molar-refractivity contribution >= 4 is 10.0 Å². The van der Waals surface area contributed by atoms with Crippen LogP contribution in [0.5, 0.6) is 0 Å². The number of rotatable bonds is 4. The molecule has 1 saturated heterocycles. The summed E-state index contributed by atoms with van der Waals surface area (Å²) in [5, 5.41) is 1.06. The van der Waals surface area contributed by atoms with Crippen LogP contribution in [-0.2, 0) is 0 Å². The smallest absolute Gasteiger partial charge is 0.00554 e. The molecule has 0 nitrogen and oxygen atoms in total. The van der Waals surface area contributed by atoms with Crippen molar-refractivity contribution in [2.45, 2.75) is 46.8 Å². The van der Waals surface area contributed by atoms with Gasteiger partial charge >= 0.3 is 0 Å². The van der Waals surface area contributed by atoms with Gasteiger partial charge in [0.25, 0.3) is 0 Å². The predicted molar refractivity (Wildman–Crippen MR) is 70.5 cm³/mol. The first kappa shape index (κ1) is 12.4. The maximum atomic E-state index is 2.46. The lowest BCUT2D eigenvalue weighted by Gasteiger charge is -2.62. The molecule has 0 spiro atoms. The van der Waals surface area contributed by atoms with Crippen molar-refractivity contribution in [3.63, 3.8) is 0 Å². The Morgan fingerprint density at radius 2 is 1.79 bits per heavy atom. The lowest BCUT2D eigenvalue weighted by Crippen LogP contribution is -2.48. The molecule has 1 aliphatic rings. The molecule has 0 aromatic carbocycles. The van der Waals surface area contributed by atoms with Crippen LogP contribution in [0, 0.1) is 17.8 Å². The van der Waals surface area contributed by atoms with Crippen molar-refractivity contribution in [3.8, 4) is 0 Å². The maximum absolute atomic E-state index is 2.46. The Balaban J connectivity index is 2.70. The highest BCUT2D eigenvalue weighted by Gasteiger charge is 2.47. The Kier molecular flexibility index (Phi) is 3.96. The van der Waals surface area contributed by atoms with E-state index < -0.39 is 0 Å². The van der Waals surface area contributed by atoms with Crippen molar-refractivity contribution < 1.29 is 0 Å². The average Bonchev–Trinajstić information content (AvgIpc) is 1.99. The first-order chi connectivity index (χ1) is 6.43. The van der Waals surface area contributed by atoms with Crippen LogP contribution in [0.3, 0.4) is 0 Å². The Labute approximate surface area is 92.2 Å². The lowest BCUT2D eigenvalue weighted by atomic mass is 9.98. The third kappa shape index (κ3) is 2.13. The Hall–Kier alpha value is 0.350. The molecule has 1 heterocycles. The highest BCUT2D eigenvalue weighted by atomic mass is 32.3. The summed E-state index contributed by atoms with van der Waals surface area (Å²) in [6, 6.07) is 0. The summed E-state index contributed by atoms with van der Waals surface area (Å²) in [4.78, 5) is 0. The van der Waals surface area contributed by atoms with Gasteiger partial charge in [0.1, 0.15) is 0 Å². The van der Waals surface area contributed by atoms with E-state index in [1.165, 1.54) is 11.5 Å². The summed E-state index contributed by atoms with van der Waals surface area (Å²) in [5.74, 6) is 7.37. The highest BCUT2D eigenvalue weighted by Crippen LogP contribution is 2.67. The highest BCUT2D eigenvalue weighted by molar-refractivity contribution is 8.35. The molecule has 1 heteroatoms. The molecule has 86 valence electrons. The first-order valence-electron chi connectivity index (χ1n) is 6.18. The molecule has 3 atom stereocenters. The van der Waals surface area contributed by atoms with Crippen LogP contribution in [0.4, 0.5) is 0 Å². The molecule has 0 radical (unpaired) electrons. The molecule has 0 aromatic rings. The van der Waals surface area contributed by atoms with Gasteiger partial charge in [-0.05, 0) is 40.3 Å². The van der Waals surface area contributed by atoms with Gasteiger partial charge in [0.05, 0.1) is 0 Å². The molecule has 1 rings (SSSR count). The van der Waals surface area contributed by atoms with Crippen molar-refractivity contribution in [2.75, 3.05) is 17.3 Å². The van der Waals surface area contributed by atoms with E-state index in [2.05, 4.69) is 41.5 Å². The van der Waals surface area contributed by atoms with E-state index in [-0.39, 0.29) is 10.0 Å². The Morgan fingerprint density at radius 1 is 1.21 bits per heavy atom. The third-order valence-electron chi connectivity index (χ3n) is 3.63. The summed E-state index contributed by atoms with van der Waals surface area (Å²) in [5.41, 5.74) is 0. The average molecular weight is 216 g/mol. The zero-order valence-electron chi connectivity index (χ0n) is 10.8. The summed E-state index contributed by atoms with van der Waals surface area (Å²) in [7, 11) is -0.223. The van der Waals surface area contributed by atoms with Gasteiger partial charge in [-0.1, -0.05) is 41.5 Å². The second kappa shape index (κ2) is 4.47. The van der Waals surface area contributed by atoms with Gasteiger partial charge in [0.2, 0.25) is 0 Å². The first-order valence-corrected chi connectivity index (χ1v) is 8.38. The summed E-state index contributed by atoms with van der Waals surface area (Å²) < 4.78 is 0. The topological polar surface area (TPSA) is 0 Å². The van der Waals surface area contributed by atoms with Crippen LogP contribution < -0.4 is 0 Å². The second-order valence-electron chi connectivity index (χ2n) is 5.81. The molecule has 0 saturated carbocycles. The van der Waals surface area contributed by atoms with Crippen LogP contribution in [0.25, 0.3) is 0 Å². The van der Waals surface area contributed by atoms with Gasteiger partial charge in [-0.2, -0.15) is 0 Å². The monoisotopic (exact) mass is 216 g/mol. The molecular weight excluding hydrogens is 188 g/mol. The maximum Gasteiger partial charge on any atom is -0.00554 e. The fourth-order valence-corrected chi connectivity index (χ4v) is 9.50. The fraction of sp³-hybridized carbons (Fsp3) is 1.00. The van der Waals surface area contributed by atoms with Crippen molar-refractivity contribution in [1.82, 2.24) is 0 Å². The SMILES string of the molecule is CCS1(CC(C)C)CC(C)C1C(C)C. The van der Waals surface area contributed by atoms with Crippen LogP contribution >= 0.6 is 10.0 Å². The van der Waals surface area contributed by atoms with Gasteiger partial charge in [-0.15, -0.1) is 0 Å². The van der Waals surface area contributed by atoms with Crippen LogP contribution in [0.2, 0.25) is 0 Å². The van der Waals surface area contributed by atoms with Crippen LogP contribution in [0.15, 0.2) is 0 Å². The van der Waals surface area contributed by atoms with Crippen LogP contribution in [-0.4, -0.2) is 22.5 Å². The normalized spacial score (nSPS) is 42.3. The van der Waals surface area contributed by atoms with Gasteiger partial charge in [0.15, 0.2) is 0 Å². The zero-order chi connectivity index (χ0) is 10.9. The molecule has 1 aliphatic heterocycles. The molecule has 1 fully saturated rings. The minimum atomic E-state index is -0.223. The molecule has 14 heavy (non-hydrogen) atoms. The zero-order valence-corrected chi connectivity index (χ0v) is 11.7. The van der Waals surface area contributed by atoms with E-state index in [1.54, 1.807) is 5.75 Å². The largest absolute Gasteiger partial charge is 0.237 e. The molecule has 0 amide bonds. The van der Waals surface area contributed by atoms with Gasteiger partial charge in [-0.3, -0.25) is 0 Å². The summed E-state index contributed by atoms with van der Waals surface area (Å²) >= 11 is 0. The van der Waals surface area contributed by atoms with E-state index in [0.717, 1.165) is 23.0 Å². The minimum absolute atomic E-state index is 0.223. The Morgan fingerprint density at radius 3 is 2.07 bits per heavy atom. The number of hydrogen-bond donors (Lipinski definition) is 0. The molecular formula is C13H28S. The molecule has 3 unspecified atom stereocenters. The van der Waals surface area contributed by atoms with Crippen molar-refractivity contribution in [3.05, 3.63) is 0 Å². The molecule has 0 bridgehead atoms. The predicted octanol–water partition coefficient (Wildman–Crippen LogP) is 4.14. The standard InChI is InChI=1S/C13H28S/c1-7-14(8-10(2)3)9-12(6)13(14)11(4)5/h10-13H,7-9H2,1-6H3.